The van der Waals surface area contributed by atoms with Gasteiger partial charge >= 0.3 is 0 Å². The number of benzene rings is 2. The molecule has 0 aliphatic rings. The summed E-state index contributed by atoms with van der Waals surface area (Å²) in [6, 6.07) is 9.26. The Bertz CT molecular complexity index is 772. The van der Waals surface area contributed by atoms with Gasteiger partial charge in [-0.05, 0) is 49.4 Å². The molecular formula is C17H15ClF2N2O2S. The van der Waals surface area contributed by atoms with Crippen molar-refractivity contribution in [1.82, 2.24) is 0 Å². The van der Waals surface area contributed by atoms with E-state index in [1.54, 1.807) is 6.92 Å². The zero-order chi connectivity index (χ0) is 18.4. The lowest BCUT2D eigenvalue weighted by molar-refractivity contribution is -0.115. The smallest absolute Gasteiger partial charge is 0.237 e. The zero-order valence-corrected chi connectivity index (χ0v) is 14.8. The number of rotatable bonds is 6. The van der Waals surface area contributed by atoms with Crippen LogP contribution in [0.3, 0.4) is 0 Å². The first-order chi connectivity index (χ1) is 11.8. The van der Waals surface area contributed by atoms with Crippen molar-refractivity contribution >= 4 is 46.6 Å². The van der Waals surface area contributed by atoms with Crippen molar-refractivity contribution in [3.63, 3.8) is 0 Å². The number of amides is 2. The second kappa shape index (κ2) is 8.82. The van der Waals surface area contributed by atoms with Crippen molar-refractivity contribution < 1.29 is 18.4 Å². The molecule has 25 heavy (non-hydrogen) atoms. The normalized spacial score (nSPS) is 11.7. The lowest BCUT2D eigenvalue weighted by Gasteiger charge is -2.12. The number of nitrogens with one attached hydrogen (secondary N) is 2. The predicted octanol–water partition coefficient (Wildman–Crippen LogP) is 4.32. The molecule has 0 spiro atoms. The Kier molecular flexibility index (Phi) is 6.78. The maximum absolute atomic E-state index is 13.1. The fourth-order valence-electron chi connectivity index (χ4n) is 1.82. The number of carbonyl (C=O) groups is 2. The minimum Gasteiger partial charge on any atom is -0.325 e. The zero-order valence-electron chi connectivity index (χ0n) is 13.2. The Hall–Kier alpha value is -2.12. The summed E-state index contributed by atoms with van der Waals surface area (Å²) in [4.78, 5) is 23.9. The van der Waals surface area contributed by atoms with Gasteiger partial charge in [0.2, 0.25) is 11.8 Å². The second-order valence-electron chi connectivity index (χ2n) is 5.13. The Balaban J connectivity index is 1.81. The number of hydrogen-bond donors (Lipinski definition) is 2. The highest BCUT2D eigenvalue weighted by Gasteiger charge is 2.16. The molecule has 0 saturated heterocycles. The summed E-state index contributed by atoms with van der Waals surface area (Å²) < 4.78 is 25.9. The van der Waals surface area contributed by atoms with E-state index >= 15 is 0 Å². The van der Waals surface area contributed by atoms with E-state index in [4.69, 9.17) is 11.6 Å². The summed E-state index contributed by atoms with van der Waals surface area (Å²) in [6.45, 7) is 1.65. The van der Waals surface area contributed by atoms with Crippen LogP contribution in [0, 0.1) is 11.6 Å². The van der Waals surface area contributed by atoms with Crippen molar-refractivity contribution in [2.45, 2.75) is 12.2 Å². The maximum atomic E-state index is 13.1. The van der Waals surface area contributed by atoms with Crippen LogP contribution in [0.2, 0.25) is 5.02 Å². The summed E-state index contributed by atoms with van der Waals surface area (Å²) in [5.41, 5.74) is 0.852. The third kappa shape index (κ3) is 6.03. The van der Waals surface area contributed by atoms with E-state index in [9.17, 15) is 18.4 Å². The first kappa shape index (κ1) is 19.2. The molecule has 2 amide bonds. The van der Waals surface area contributed by atoms with Crippen molar-refractivity contribution in [3.05, 3.63) is 59.1 Å². The highest BCUT2D eigenvalue weighted by Crippen LogP contribution is 2.21. The quantitative estimate of drug-likeness (QED) is 0.779. The Morgan fingerprint density at radius 3 is 2.36 bits per heavy atom. The molecule has 0 radical (unpaired) electrons. The van der Waals surface area contributed by atoms with E-state index < -0.39 is 16.9 Å². The molecule has 0 aliphatic heterocycles. The molecule has 2 aromatic carbocycles. The van der Waals surface area contributed by atoms with E-state index in [1.807, 2.05) is 0 Å². The molecule has 2 N–H and O–H groups in total. The van der Waals surface area contributed by atoms with Gasteiger partial charge in [-0.15, -0.1) is 11.8 Å². The predicted molar refractivity (Wildman–Crippen MR) is 97.0 cm³/mol. The molecule has 2 rings (SSSR count). The van der Waals surface area contributed by atoms with Gasteiger partial charge in [0.05, 0.1) is 16.0 Å². The largest absolute Gasteiger partial charge is 0.325 e. The van der Waals surface area contributed by atoms with Gasteiger partial charge in [-0.3, -0.25) is 9.59 Å². The summed E-state index contributed by atoms with van der Waals surface area (Å²) in [7, 11) is 0. The summed E-state index contributed by atoms with van der Waals surface area (Å²) in [5, 5.41) is 4.62. The fourth-order valence-corrected chi connectivity index (χ4v) is 2.69. The molecule has 0 aliphatic carbocycles. The standard InChI is InChI=1S/C17H15ClF2N2O2S/c1-10(17(24)22-13-6-7-15(20)14(18)8-13)25-9-16(23)21-12-4-2-11(19)3-5-12/h2-8,10H,9H2,1H3,(H,21,23)(H,22,24). The Labute approximate surface area is 152 Å². The van der Waals surface area contributed by atoms with Gasteiger partial charge in [-0.1, -0.05) is 11.6 Å². The van der Waals surface area contributed by atoms with Crippen LogP contribution in [0.5, 0.6) is 0 Å². The van der Waals surface area contributed by atoms with Crippen LogP contribution in [0.4, 0.5) is 20.2 Å². The highest BCUT2D eigenvalue weighted by atomic mass is 35.5. The van der Waals surface area contributed by atoms with Crippen LogP contribution in [0.1, 0.15) is 6.92 Å². The minimum atomic E-state index is -0.570. The molecule has 0 fully saturated rings. The van der Waals surface area contributed by atoms with Gasteiger partial charge < -0.3 is 10.6 Å². The molecule has 4 nitrogen and oxygen atoms in total. The molecule has 8 heteroatoms. The van der Waals surface area contributed by atoms with Crippen molar-refractivity contribution in [1.29, 1.82) is 0 Å². The molecule has 1 unspecified atom stereocenters. The van der Waals surface area contributed by atoms with Gasteiger partial charge in [-0.25, -0.2) is 8.78 Å². The maximum Gasteiger partial charge on any atom is 0.237 e. The van der Waals surface area contributed by atoms with Crippen LogP contribution in [0.25, 0.3) is 0 Å². The Morgan fingerprint density at radius 1 is 1.08 bits per heavy atom. The minimum absolute atomic E-state index is 0.0517. The molecule has 0 bridgehead atoms. The third-order valence-corrected chi connectivity index (χ3v) is 4.58. The van der Waals surface area contributed by atoms with Gasteiger partial charge in [0.1, 0.15) is 11.6 Å². The number of halogens is 3. The van der Waals surface area contributed by atoms with Crippen molar-refractivity contribution in [2.75, 3.05) is 16.4 Å². The molecule has 1 atom stereocenters. The number of thioether (sulfide) groups is 1. The van der Waals surface area contributed by atoms with Crippen LogP contribution in [-0.2, 0) is 9.59 Å². The topological polar surface area (TPSA) is 58.2 Å². The molecule has 0 saturated carbocycles. The summed E-state index contributed by atoms with van der Waals surface area (Å²) in [6.07, 6.45) is 0. The summed E-state index contributed by atoms with van der Waals surface area (Å²) in [5.74, 6) is -1.54. The highest BCUT2D eigenvalue weighted by molar-refractivity contribution is 8.01. The van der Waals surface area contributed by atoms with E-state index in [2.05, 4.69) is 10.6 Å². The van der Waals surface area contributed by atoms with Crippen molar-refractivity contribution in [3.8, 4) is 0 Å². The first-order valence-electron chi connectivity index (χ1n) is 7.28. The SMILES string of the molecule is CC(SCC(=O)Nc1ccc(F)cc1)C(=O)Nc1ccc(F)c(Cl)c1. The number of hydrogen-bond acceptors (Lipinski definition) is 3. The Morgan fingerprint density at radius 2 is 1.72 bits per heavy atom. The van der Waals surface area contributed by atoms with Crippen LogP contribution < -0.4 is 10.6 Å². The number of anilines is 2. The molecule has 132 valence electrons. The lowest BCUT2D eigenvalue weighted by atomic mass is 10.3. The van der Waals surface area contributed by atoms with E-state index in [0.29, 0.717) is 11.4 Å². The average molecular weight is 385 g/mol. The molecule has 0 heterocycles. The number of carbonyl (C=O) groups excluding carboxylic acids is 2. The van der Waals surface area contributed by atoms with E-state index in [-0.39, 0.29) is 22.6 Å². The molecular weight excluding hydrogens is 370 g/mol. The van der Waals surface area contributed by atoms with Crippen LogP contribution in [0.15, 0.2) is 42.5 Å². The van der Waals surface area contributed by atoms with E-state index in [0.717, 1.165) is 17.8 Å². The fraction of sp³-hybridized carbons (Fsp3) is 0.176. The van der Waals surface area contributed by atoms with Gasteiger partial charge in [0.25, 0.3) is 0 Å². The van der Waals surface area contributed by atoms with Gasteiger partial charge in [0, 0.05) is 11.4 Å². The first-order valence-corrected chi connectivity index (χ1v) is 8.71. The van der Waals surface area contributed by atoms with Crippen LogP contribution >= 0.6 is 23.4 Å². The van der Waals surface area contributed by atoms with Gasteiger partial charge in [-0.2, -0.15) is 0 Å². The van der Waals surface area contributed by atoms with Crippen molar-refractivity contribution in [2.24, 2.45) is 0 Å². The molecule has 2 aromatic rings. The monoisotopic (exact) mass is 384 g/mol. The second-order valence-corrected chi connectivity index (χ2v) is 6.86. The molecule has 0 aromatic heterocycles. The summed E-state index contributed by atoms with van der Waals surface area (Å²) >= 11 is 6.79. The lowest BCUT2D eigenvalue weighted by Crippen LogP contribution is -2.25. The van der Waals surface area contributed by atoms with E-state index in [1.165, 1.54) is 36.4 Å². The van der Waals surface area contributed by atoms with Gasteiger partial charge in [0.15, 0.2) is 0 Å². The third-order valence-electron chi connectivity index (χ3n) is 3.15. The average Bonchev–Trinajstić information content (AvgIpc) is 2.58. The van der Waals surface area contributed by atoms with Crippen LogP contribution in [-0.4, -0.2) is 22.8 Å².